The highest BCUT2D eigenvalue weighted by Crippen LogP contribution is 2.24. The first kappa shape index (κ1) is 21.5. The lowest BCUT2D eigenvalue weighted by Gasteiger charge is -2.31. The number of furan rings is 1. The Kier molecular flexibility index (Phi) is 6.00. The standard InChI is InChI=1S/C25H30N6O2/c1-29-21(13-5-11-20-12-7-15-33-20)27-23-22(24(29)32)31(16-18-8-3-2-4-9-18)25(28-23)30-14-6-10-19(26)17-30/h2-4,7-9,12,15,19H,5-6,10-11,13-14,16-17,26H2,1H3. The zero-order chi connectivity index (χ0) is 22.8. The van der Waals surface area contributed by atoms with Gasteiger partial charge in [0.1, 0.15) is 11.6 Å². The van der Waals surface area contributed by atoms with Crippen LogP contribution in [0.4, 0.5) is 5.95 Å². The quantitative estimate of drug-likeness (QED) is 0.469. The number of aryl methyl sites for hydroxylation is 2. The number of benzene rings is 1. The maximum absolute atomic E-state index is 13.5. The monoisotopic (exact) mass is 446 g/mol. The zero-order valence-corrected chi connectivity index (χ0v) is 19.0. The number of hydrogen-bond donors (Lipinski definition) is 1. The van der Waals surface area contributed by atoms with Crippen LogP contribution in [0.15, 0.2) is 57.9 Å². The van der Waals surface area contributed by atoms with Gasteiger partial charge in [-0.3, -0.25) is 13.9 Å². The van der Waals surface area contributed by atoms with E-state index in [1.165, 1.54) is 0 Å². The van der Waals surface area contributed by atoms with E-state index in [0.717, 1.165) is 61.9 Å². The fraction of sp³-hybridized carbons (Fsp3) is 0.400. The summed E-state index contributed by atoms with van der Waals surface area (Å²) in [7, 11) is 1.80. The van der Waals surface area contributed by atoms with Gasteiger partial charge in [-0.1, -0.05) is 30.3 Å². The van der Waals surface area contributed by atoms with Crippen LogP contribution in [0.5, 0.6) is 0 Å². The molecule has 0 bridgehead atoms. The first-order valence-electron chi connectivity index (χ1n) is 11.6. The third-order valence-electron chi connectivity index (χ3n) is 6.39. The molecule has 172 valence electrons. The summed E-state index contributed by atoms with van der Waals surface area (Å²) in [5.41, 5.74) is 8.37. The van der Waals surface area contributed by atoms with Crippen LogP contribution in [0.25, 0.3) is 11.2 Å². The molecule has 2 N–H and O–H groups in total. The summed E-state index contributed by atoms with van der Waals surface area (Å²) < 4.78 is 9.11. The van der Waals surface area contributed by atoms with E-state index in [1.54, 1.807) is 17.9 Å². The van der Waals surface area contributed by atoms with Crippen molar-refractivity contribution < 1.29 is 4.42 Å². The second-order valence-corrected chi connectivity index (χ2v) is 8.83. The Labute approximate surface area is 192 Å². The molecule has 1 aliphatic rings. The van der Waals surface area contributed by atoms with Crippen LogP contribution >= 0.6 is 0 Å². The Balaban J connectivity index is 1.53. The van der Waals surface area contributed by atoms with Gasteiger partial charge in [-0.15, -0.1) is 0 Å². The third kappa shape index (κ3) is 4.43. The van der Waals surface area contributed by atoms with E-state index < -0.39 is 0 Å². The van der Waals surface area contributed by atoms with Crippen LogP contribution in [0, 0.1) is 0 Å². The molecule has 0 aliphatic carbocycles. The van der Waals surface area contributed by atoms with Crippen molar-refractivity contribution in [1.29, 1.82) is 0 Å². The fourth-order valence-electron chi connectivity index (χ4n) is 4.64. The summed E-state index contributed by atoms with van der Waals surface area (Å²) in [6.07, 6.45) is 6.03. The molecule has 3 aromatic heterocycles. The fourth-order valence-corrected chi connectivity index (χ4v) is 4.64. The Bertz CT molecular complexity index is 1280. The summed E-state index contributed by atoms with van der Waals surface area (Å²) in [6.45, 7) is 2.17. The molecule has 8 heteroatoms. The number of piperidine rings is 1. The third-order valence-corrected chi connectivity index (χ3v) is 6.39. The second-order valence-electron chi connectivity index (χ2n) is 8.83. The smallest absolute Gasteiger partial charge is 0.279 e. The van der Waals surface area contributed by atoms with Crippen molar-refractivity contribution in [3.8, 4) is 0 Å². The first-order chi connectivity index (χ1) is 16.1. The van der Waals surface area contributed by atoms with Gasteiger partial charge in [0, 0.05) is 39.0 Å². The summed E-state index contributed by atoms with van der Waals surface area (Å²) in [5.74, 6) is 2.46. The number of hydrogen-bond acceptors (Lipinski definition) is 6. The van der Waals surface area contributed by atoms with Crippen LogP contribution in [-0.4, -0.2) is 38.2 Å². The molecule has 4 aromatic rings. The van der Waals surface area contributed by atoms with Crippen molar-refractivity contribution in [2.45, 2.75) is 44.7 Å². The number of nitrogens with zero attached hydrogens (tertiary/aromatic N) is 5. The Morgan fingerprint density at radius 3 is 2.73 bits per heavy atom. The number of nitrogens with two attached hydrogens (primary N) is 1. The van der Waals surface area contributed by atoms with Gasteiger partial charge in [-0.2, -0.15) is 4.98 Å². The molecule has 1 fully saturated rings. The van der Waals surface area contributed by atoms with Gasteiger partial charge in [0.15, 0.2) is 11.2 Å². The largest absolute Gasteiger partial charge is 0.469 e. The minimum Gasteiger partial charge on any atom is -0.469 e. The molecule has 4 heterocycles. The average molecular weight is 447 g/mol. The van der Waals surface area contributed by atoms with Crippen molar-refractivity contribution in [1.82, 2.24) is 19.1 Å². The van der Waals surface area contributed by atoms with Crippen LogP contribution < -0.4 is 16.2 Å². The SMILES string of the molecule is Cn1c(CCCc2ccco2)nc2nc(N3CCCC(N)C3)n(Cc3ccccc3)c2c1=O. The molecule has 0 radical (unpaired) electrons. The van der Waals surface area contributed by atoms with E-state index >= 15 is 0 Å². The van der Waals surface area contributed by atoms with Crippen molar-refractivity contribution >= 4 is 17.1 Å². The van der Waals surface area contributed by atoms with Crippen molar-refractivity contribution in [2.24, 2.45) is 12.8 Å². The lowest BCUT2D eigenvalue weighted by molar-refractivity contribution is 0.495. The van der Waals surface area contributed by atoms with E-state index in [4.69, 9.17) is 20.1 Å². The van der Waals surface area contributed by atoms with E-state index in [-0.39, 0.29) is 11.6 Å². The summed E-state index contributed by atoms with van der Waals surface area (Å²) >= 11 is 0. The van der Waals surface area contributed by atoms with Gasteiger partial charge in [0.25, 0.3) is 5.56 Å². The van der Waals surface area contributed by atoms with E-state index in [0.29, 0.717) is 24.1 Å². The first-order valence-corrected chi connectivity index (χ1v) is 11.6. The van der Waals surface area contributed by atoms with Crippen molar-refractivity contribution in [3.63, 3.8) is 0 Å². The summed E-state index contributed by atoms with van der Waals surface area (Å²) in [4.78, 5) is 25.4. The molecule has 1 unspecified atom stereocenters. The van der Waals surface area contributed by atoms with Gasteiger partial charge in [-0.05, 0) is 37.0 Å². The Morgan fingerprint density at radius 1 is 1.12 bits per heavy atom. The lowest BCUT2D eigenvalue weighted by atomic mass is 10.1. The number of anilines is 1. The van der Waals surface area contributed by atoms with Crippen LogP contribution in [0.2, 0.25) is 0 Å². The highest BCUT2D eigenvalue weighted by molar-refractivity contribution is 5.74. The number of imidazole rings is 1. The lowest BCUT2D eigenvalue weighted by Crippen LogP contribution is -2.44. The Hall–Kier alpha value is -3.39. The number of aromatic nitrogens is 4. The number of fused-ring (bicyclic) bond motifs is 1. The predicted octanol–water partition coefficient (Wildman–Crippen LogP) is 2.87. The van der Waals surface area contributed by atoms with Gasteiger partial charge >= 0.3 is 0 Å². The summed E-state index contributed by atoms with van der Waals surface area (Å²) in [6, 6.07) is 14.1. The predicted molar refractivity (Wildman–Crippen MR) is 128 cm³/mol. The van der Waals surface area contributed by atoms with Crippen LogP contribution in [0.3, 0.4) is 0 Å². The average Bonchev–Trinajstić information content (AvgIpc) is 3.46. The zero-order valence-electron chi connectivity index (χ0n) is 19.0. The highest BCUT2D eigenvalue weighted by atomic mass is 16.3. The minimum atomic E-state index is -0.0658. The molecule has 0 saturated carbocycles. The molecular weight excluding hydrogens is 416 g/mol. The Morgan fingerprint density at radius 2 is 1.97 bits per heavy atom. The number of rotatable bonds is 7. The maximum Gasteiger partial charge on any atom is 0.279 e. The molecule has 1 aliphatic heterocycles. The van der Waals surface area contributed by atoms with Gasteiger partial charge in [0.2, 0.25) is 5.95 Å². The molecule has 1 saturated heterocycles. The van der Waals surface area contributed by atoms with Gasteiger partial charge in [-0.25, -0.2) is 4.98 Å². The second kappa shape index (κ2) is 9.23. The van der Waals surface area contributed by atoms with E-state index in [1.807, 2.05) is 34.9 Å². The molecule has 5 rings (SSSR count). The topological polar surface area (TPSA) is 95.1 Å². The van der Waals surface area contributed by atoms with Gasteiger partial charge < -0.3 is 15.1 Å². The minimum absolute atomic E-state index is 0.0658. The molecule has 8 nitrogen and oxygen atoms in total. The summed E-state index contributed by atoms with van der Waals surface area (Å²) in [5, 5.41) is 0. The van der Waals surface area contributed by atoms with E-state index in [2.05, 4.69) is 17.0 Å². The van der Waals surface area contributed by atoms with Gasteiger partial charge in [0.05, 0.1) is 12.8 Å². The van der Waals surface area contributed by atoms with E-state index in [9.17, 15) is 4.79 Å². The van der Waals surface area contributed by atoms with Crippen LogP contribution in [-0.2, 0) is 26.4 Å². The van der Waals surface area contributed by atoms with Crippen LogP contribution in [0.1, 0.15) is 36.4 Å². The van der Waals surface area contributed by atoms with Crippen molar-refractivity contribution in [3.05, 3.63) is 76.2 Å². The normalized spacial score (nSPS) is 16.5. The molecule has 33 heavy (non-hydrogen) atoms. The van der Waals surface area contributed by atoms with Crippen molar-refractivity contribution in [2.75, 3.05) is 18.0 Å². The molecule has 0 amide bonds. The molecular formula is C25H30N6O2. The molecule has 1 atom stereocenters. The highest BCUT2D eigenvalue weighted by Gasteiger charge is 2.25. The molecule has 1 aromatic carbocycles. The molecule has 0 spiro atoms. The maximum atomic E-state index is 13.5.